The minimum absolute atomic E-state index is 0.338. The fraction of sp³-hybridized carbons (Fsp3) is 0.467. The molecule has 0 atom stereocenters. The number of aromatic nitrogens is 1. The second-order valence-corrected chi connectivity index (χ2v) is 5.33. The maximum Gasteiger partial charge on any atom is 0.231 e. The van der Waals surface area contributed by atoms with Gasteiger partial charge in [0.05, 0.1) is 0 Å². The molecule has 2 aromatic rings. The summed E-state index contributed by atoms with van der Waals surface area (Å²) in [6.07, 6.45) is 5.88. The van der Waals surface area contributed by atoms with E-state index >= 15 is 0 Å². The largest absolute Gasteiger partial charge is 0.454 e. The van der Waals surface area contributed by atoms with E-state index in [0.29, 0.717) is 6.79 Å². The summed E-state index contributed by atoms with van der Waals surface area (Å²) in [4.78, 5) is 5.88. The van der Waals surface area contributed by atoms with E-state index in [0.717, 1.165) is 30.0 Å². The van der Waals surface area contributed by atoms with Gasteiger partial charge in [0.2, 0.25) is 6.79 Å². The molecule has 19 heavy (non-hydrogen) atoms. The van der Waals surface area contributed by atoms with Crippen LogP contribution in [0.2, 0.25) is 0 Å². The van der Waals surface area contributed by atoms with Crippen LogP contribution >= 0.6 is 0 Å². The molecule has 0 radical (unpaired) electrons. The molecular formula is C15H18N2O2. The van der Waals surface area contributed by atoms with Crippen LogP contribution < -0.4 is 9.47 Å². The van der Waals surface area contributed by atoms with Crippen molar-refractivity contribution in [2.75, 3.05) is 26.4 Å². The minimum Gasteiger partial charge on any atom is -0.454 e. The third-order valence-corrected chi connectivity index (χ3v) is 4.16. The molecule has 1 fully saturated rings. The van der Waals surface area contributed by atoms with Crippen LogP contribution in [0.5, 0.6) is 11.5 Å². The Labute approximate surface area is 112 Å². The topological polar surface area (TPSA) is 37.5 Å². The number of hydrogen-bond acceptors (Lipinski definition) is 3. The maximum atomic E-state index is 5.63. The molecule has 0 unspecified atom stereocenters. The Morgan fingerprint density at radius 2 is 2.05 bits per heavy atom. The van der Waals surface area contributed by atoms with Gasteiger partial charge in [-0.15, -0.1) is 0 Å². The van der Waals surface area contributed by atoms with Gasteiger partial charge in [0.1, 0.15) is 0 Å². The van der Waals surface area contributed by atoms with E-state index in [1.54, 1.807) is 0 Å². The van der Waals surface area contributed by atoms with E-state index in [1.807, 2.05) is 6.07 Å². The van der Waals surface area contributed by atoms with Crippen molar-refractivity contribution < 1.29 is 9.47 Å². The van der Waals surface area contributed by atoms with Gasteiger partial charge in [-0.2, -0.15) is 0 Å². The molecule has 1 saturated heterocycles. The summed E-state index contributed by atoms with van der Waals surface area (Å²) < 4.78 is 11.1. The average molecular weight is 258 g/mol. The number of H-pyrrole nitrogens is 1. The molecule has 2 aliphatic heterocycles. The van der Waals surface area contributed by atoms with Crippen molar-refractivity contribution in [3.8, 4) is 11.5 Å². The van der Waals surface area contributed by atoms with E-state index in [4.69, 9.17) is 9.47 Å². The molecule has 1 aromatic heterocycles. The van der Waals surface area contributed by atoms with Crippen LogP contribution in [0.4, 0.5) is 0 Å². The second kappa shape index (κ2) is 4.46. The van der Waals surface area contributed by atoms with Crippen molar-refractivity contribution in [3.63, 3.8) is 0 Å². The molecule has 1 aromatic carbocycles. The number of nitrogens with one attached hydrogen (secondary N) is 1. The molecule has 4 nitrogen and oxygen atoms in total. The van der Waals surface area contributed by atoms with Crippen molar-refractivity contribution in [1.82, 2.24) is 9.88 Å². The van der Waals surface area contributed by atoms with Gasteiger partial charge in [0.15, 0.2) is 11.5 Å². The number of likely N-dealkylation sites (tertiary alicyclic amines) is 1. The predicted octanol–water partition coefficient (Wildman–Crippen LogP) is 2.53. The predicted molar refractivity (Wildman–Crippen MR) is 73.8 cm³/mol. The van der Waals surface area contributed by atoms with Gasteiger partial charge in [0, 0.05) is 23.6 Å². The number of benzene rings is 1. The van der Waals surface area contributed by atoms with Crippen LogP contribution in [0.25, 0.3) is 10.9 Å². The first-order chi connectivity index (χ1) is 9.42. The summed E-state index contributed by atoms with van der Waals surface area (Å²) in [5.41, 5.74) is 2.48. The standard InChI is InChI=1S/C15H18N2O2/c1-2-7-17(6-1)8-5-11-9-16-12-3-4-13-15(14(11)12)19-10-18-13/h3-4,9,16H,1-2,5-8,10H2. The SMILES string of the molecule is c1cc2[nH]cc(CCN3CCCC3)c2c2c1OCO2. The van der Waals surface area contributed by atoms with Crippen molar-refractivity contribution in [3.05, 3.63) is 23.9 Å². The maximum absolute atomic E-state index is 5.63. The Kier molecular flexibility index (Phi) is 2.62. The van der Waals surface area contributed by atoms with Gasteiger partial charge in [-0.25, -0.2) is 0 Å². The lowest BCUT2D eigenvalue weighted by atomic mass is 10.1. The zero-order chi connectivity index (χ0) is 12.7. The zero-order valence-electron chi connectivity index (χ0n) is 10.9. The average Bonchev–Trinajstić information content (AvgIpc) is 3.16. The fourth-order valence-corrected chi connectivity index (χ4v) is 3.13. The molecular weight excluding hydrogens is 240 g/mol. The van der Waals surface area contributed by atoms with Gasteiger partial charge in [-0.05, 0) is 50.0 Å². The van der Waals surface area contributed by atoms with Crippen LogP contribution in [0, 0.1) is 0 Å². The van der Waals surface area contributed by atoms with Crippen LogP contribution in [0.1, 0.15) is 18.4 Å². The summed E-state index contributed by atoms with van der Waals surface area (Å²) in [6, 6.07) is 4.05. The van der Waals surface area contributed by atoms with Crippen molar-refractivity contribution >= 4 is 10.9 Å². The third-order valence-electron chi connectivity index (χ3n) is 4.16. The molecule has 1 N–H and O–H groups in total. The molecule has 0 amide bonds. The highest BCUT2D eigenvalue weighted by Crippen LogP contribution is 2.40. The normalized spacial score (nSPS) is 18.5. The minimum atomic E-state index is 0.338. The third kappa shape index (κ3) is 1.87. The molecule has 0 aliphatic carbocycles. The lowest BCUT2D eigenvalue weighted by Gasteiger charge is -2.13. The quantitative estimate of drug-likeness (QED) is 0.919. The van der Waals surface area contributed by atoms with Crippen molar-refractivity contribution in [2.24, 2.45) is 0 Å². The molecule has 100 valence electrons. The first-order valence-corrected chi connectivity index (χ1v) is 7.03. The molecule has 4 heteroatoms. The Morgan fingerprint density at radius 1 is 1.16 bits per heavy atom. The van der Waals surface area contributed by atoms with Gasteiger partial charge in [0.25, 0.3) is 0 Å². The fourth-order valence-electron chi connectivity index (χ4n) is 3.13. The molecule has 0 spiro atoms. The van der Waals surface area contributed by atoms with Crippen molar-refractivity contribution in [2.45, 2.75) is 19.3 Å². The van der Waals surface area contributed by atoms with E-state index in [-0.39, 0.29) is 0 Å². The van der Waals surface area contributed by atoms with Crippen LogP contribution in [0.3, 0.4) is 0 Å². The second-order valence-electron chi connectivity index (χ2n) is 5.33. The Hall–Kier alpha value is -1.68. The smallest absolute Gasteiger partial charge is 0.231 e. The van der Waals surface area contributed by atoms with E-state index < -0.39 is 0 Å². The first kappa shape index (κ1) is 11.2. The number of rotatable bonds is 3. The lowest BCUT2D eigenvalue weighted by Crippen LogP contribution is -2.21. The van der Waals surface area contributed by atoms with Gasteiger partial charge >= 0.3 is 0 Å². The van der Waals surface area contributed by atoms with E-state index in [1.165, 1.54) is 36.9 Å². The lowest BCUT2D eigenvalue weighted by molar-refractivity contribution is 0.175. The Balaban J connectivity index is 1.64. The highest BCUT2D eigenvalue weighted by molar-refractivity contribution is 5.92. The van der Waals surface area contributed by atoms with Gasteiger partial charge in [-0.1, -0.05) is 0 Å². The summed E-state index contributed by atoms with van der Waals surface area (Å²) in [7, 11) is 0. The number of fused-ring (bicyclic) bond motifs is 3. The summed E-state index contributed by atoms with van der Waals surface area (Å²) in [5, 5.41) is 1.20. The summed E-state index contributed by atoms with van der Waals surface area (Å²) in [6.45, 7) is 3.98. The van der Waals surface area contributed by atoms with Crippen LogP contribution in [-0.2, 0) is 6.42 Å². The summed E-state index contributed by atoms with van der Waals surface area (Å²) >= 11 is 0. The first-order valence-electron chi connectivity index (χ1n) is 7.03. The highest BCUT2D eigenvalue weighted by atomic mass is 16.7. The number of nitrogens with zero attached hydrogens (tertiary/aromatic N) is 1. The number of aromatic amines is 1. The molecule has 4 rings (SSSR count). The molecule has 3 heterocycles. The van der Waals surface area contributed by atoms with Gasteiger partial charge in [-0.3, -0.25) is 0 Å². The Bertz CT molecular complexity index is 599. The monoisotopic (exact) mass is 258 g/mol. The Morgan fingerprint density at radius 3 is 2.95 bits per heavy atom. The molecule has 0 saturated carbocycles. The molecule has 2 aliphatic rings. The molecule has 0 bridgehead atoms. The zero-order valence-corrected chi connectivity index (χ0v) is 10.9. The number of ether oxygens (including phenoxy) is 2. The van der Waals surface area contributed by atoms with E-state index in [2.05, 4.69) is 22.1 Å². The summed E-state index contributed by atoms with van der Waals surface area (Å²) in [5.74, 6) is 1.78. The van der Waals surface area contributed by atoms with Crippen LogP contribution in [-0.4, -0.2) is 36.3 Å². The van der Waals surface area contributed by atoms with E-state index in [9.17, 15) is 0 Å². The highest BCUT2D eigenvalue weighted by Gasteiger charge is 2.20. The van der Waals surface area contributed by atoms with Crippen LogP contribution in [0.15, 0.2) is 18.3 Å². The number of hydrogen-bond donors (Lipinski definition) is 1. The van der Waals surface area contributed by atoms with Gasteiger partial charge < -0.3 is 19.4 Å². The van der Waals surface area contributed by atoms with Crippen molar-refractivity contribution in [1.29, 1.82) is 0 Å².